The van der Waals surface area contributed by atoms with Gasteiger partial charge < -0.3 is 14.5 Å². The molecule has 1 aliphatic heterocycles. The highest BCUT2D eigenvalue weighted by Crippen LogP contribution is 2.37. The number of carbonyl (C=O) groups excluding carboxylic acids is 1. The fraction of sp³-hybridized carbons (Fsp3) is 0.250. The highest BCUT2D eigenvalue weighted by molar-refractivity contribution is 5.93. The van der Waals surface area contributed by atoms with Crippen molar-refractivity contribution < 1.29 is 13.9 Å². The summed E-state index contributed by atoms with van der Waals surface area (Å²) in [5.74, 6) is 1.30. The van der Waals surface area contributed by atoms with Gasteiger partial charge >= 0.3 is 0 Å². The van der Waals surface area contributed by atoms with E-state index in [-0.39, 0.29) is 12.0 Å². The van der Waals surface area contributed by atoms with E-state index in [1.807, 2.05) is 38.1 Å². The number of fused-ring (bicyclic) bond motifs is 1. The summed E-state index contributed by atoms with van der Waals surface area (Å²) in [7, 11) is 0. The molecule has 132 valence electrons. The van der Waals surface area contributed by atoms with E-state index in [2.05, 4.69) is 15.3 Å². The van der Waals surface area contributed by atoms with Gasteiger partial charge in [0.05, 0.1) is 23.9 Å². The number of nitrogens with one attached hydrogen (secondary N) is 1. The zero-order chi connectivity index (χ0) is 18.1. The number of ether oxygens (including phenoxy) is 1. The average molecular weight is 349 g/mol. The van der Waals surface area contributed by atoms with Crippen molar-refractivity contribution in [2.24, 2.45) is 0 Å². The van der Waals surface area contributed by atoms with Crippen LogP contribution in [0.1, 0.15) is 27.3 Å². The van der Waals surface area contributed by atoms with Crippen molar-refractivity contribution in [2.45, 2.75) is 26.4 Å². The van der Waals surface area contributed by atoms with Gasteiger partial charge in [-0.1, -0.05) is 12.1 Å². The predicted octanol–water partition coefficient (Wildman–Crippen LogP) is 3.09. The number of furan rings is 1. The summed E-state index contributed by atoms with van der Waals surface area (Å²) in [4.78, 5) is 21.1. The van der Waals surface area contributed by atoms with Gasteiger partial charge in [-0.15, -0.1) is 0 Å². The number of carbonyl (C=O) groups is 1. The quantitative estimate of drug-likeness (QED) is 0.783. The third-order valence-electron chi connectivity index (χ3n) is 4.33. The second-order valence-corrected chi connectivity index (χ2v) is 6.43. The molecular formula is C20H19N3O3. The lowest BCUT2D eigenvalue weighted by molar-refractivity contribution is 0.0933. The van der Waals surface area contributed by atoms with Crippen LogP contribution in [0.25, 0.3) is 11.4 Å². The van der Waals surface area contributed by atoms with Crippen molar-refractivity contribution in [1.29, 1.82) is 0 Å². The maximum absolute atomic E-state index is 12.1. The van der Waals surface area contributed by atoms with Crippen LogP contribution in [0.2, 0.25) is 0 Å². The first-order valence-electron chi connectivity index (χ1n) is 8.52. The summed E-state index contributed by atoms with van der Waals surface area (Å²) in [5, 5.41) is 2.88. The number of amides is 1. The first-order valence-corrected chi connectivity index (χ1v) is 8.52. The lowest BCUT2D eigenvalue weighted by atomic mass is 10.1. The second-order valence-electron chi connectivity index (χ2n) is 6.43. The van der Waals surface area contributed by atoms with Crippen LogP contribution in [0.15, 0.2) is 47.3 Å². The van der Waals surface area contributed by atoms with E-state index in [0.717, 1.165) is 34.7 Å². The van der Waals surface area contributed by atoms with E-state index < -0.39 is 0 Å². The third-order valence-corrected chi connectivity index (χ3v) is 4.33. The molecule has 1 aliphatic rings. The fourth-order valence-electron chi connectivity index (χ4n) is 3.18. The molecule has 1 amide bonds. The Morgan fingerprint density at radius 2 is 2.04 bits per heavy atom. The SMILES string of the molecule is Cc1cc(C)nc(-c2cccc3c2O[C@H](CNC(=O)c2ccoc2)C3)n1. The minimum atomic E-state index is -0.170. The van der Waals surface area contributed by atoms with Gasteiger partial charge in [0, 0.05) is 17.8 Å². The molecule has 4 rings (SSSR count). The van der Waals surface area contributed by atoms with Crippen LogP contribution in [0.3, 0.4) is 0 Å². The molecule has 1 atom stereocenters. The van der Waals surface area contributed by atoms with Gasteiger partial charge in [-0.25, -0.2) is 9.97 Å². The molecule has 0 radical (unpaired) electrons. The molecule has 6 nitrogen and oxygen atoms in total. The van der Waals surface area contributed by atoms with Crippen LogP contribution in [-0.2, 0) is 6.42 Å². The second kappa shape index (κ2) is 6.63. The van der Waals surface area contributed by atoms with E-state index in [4.69, 9.17) is 9.15 Å². The lowest BCUT2D eigenvalue weighted by Gasteiger charge is -2.13. The fourth-order valence-corrected chi connectivity index (χ4v) is 3.18. The Hall–Kier alpha value is -3.15. The number of hydrogen-bond donors (Lipinski definition) is 1. The zero-order valence-corrected chi connectivity index (χ0v) is 14.7. The van der Waals surface area contributed by atoms with E-state index in [1.54, 1.807) is 6.07 Å². The van der Waals surface area contributed by atoms with Gasteiger partial charge in [0.1, 0.15) is 18.1 Å². The number of hydrogen-bond acceptors (Lipinski definition) is 5. The molecule has 3 heterocycles. The summed E-state index contributed by atoms with van der Waals surface area (Å²) >= 11 is 0. The number of para-hydroxylation sites is 1. The molecule has 0 saturated heterocycles. The molecule has 0 spiro atoms. The number of aryl methyl sites for hydroxylation is 2. The molecule has 0 saturated carbocycles. The molecule has 1 aromatic carbocycles. The standard InChI is InChI=1S/C20H19N3O3/c1-12-8-13(2)23-19(22-12)17-5-3-4-14-9-16(26-18(14)17)10-21-20(24)15-6-7-25-11-15/h3-8,11,16H,9-10H2,1-2H3,(H,21,24)/t16-/m0/s1. The van der Waals surface area contributed by atoms with Gasteiger partial charge in [0.2, 0.25) is 0 Å². The summed E-state index contributed by atoms with van der Waals surface area (Å²) in [6.07, 6.45) is 3.52. The molecule has 26 heavy (non-hydrogen) atoms. The van der Waals surface area contributed by atoms with Crippen LogP contribution < -0.4 is 10.1 Å². The predicted molar refractivity (Wildman–Crippen MR) is 96.1 cm³/mol. The van der Waals surface area contributed by atoms with Crippen molar-refractivity contribution >= 4 is 5.91 Å². The summed E-state index contributed by atoms with van der Waals surface area (Å²) in [6.45, 7) is 4.33. The number of benzene rings is 1. The van der Waals surface area contributed by atoms with Crippen molar-refractivity contribution in [3.05, 3.63) is 65.4 Å². The average Bonchev–Trinajstić information content (AvgIpc) is 3.27. The van der Waals surface area contributed by atoms with Gasteiger partial charge in [0.15, 0.2) is 5.82 Å². The van der Waals surface area contributed by atoms with Crippen LogP contribution in [0.5, 0.6) is 5.75 Å². The Kier molecular flexibility index (Phi) is 4.16. The van der Waals surface area contributed by atoms with Crippen molar-refractivity contribution in [2.75, 3.05) is 6.54 Å². The number of rotatable bonds is 4. The molecule has 1 N–H and O–H groups in total. The maximum atomic E-state index is 12.1. The van der Waals surface area contributed by atoms with Crippen LogP contribution in [-0.4, -0.2) is 28.5 Å². The van der Waals surface area contributed by atoms with Gasteiger partial charge in [-0.3, -0.25) is 4.79 Å². The highest BCUT2D eigenvalue weighted by atomic mass is 16.5. The van der Waals surface area contributed by atoms with E-state index >= 15 is 0 Å². The van der Waals surface area contributed by atoms with Gasteiger partial charge in [0.25, 0.3) is 5.91 Å². The largest absolute Gasteiger partial charge is 0.487 e. The van der Waals surface area contributed by atoms with Crippen LogP contribution in [0.4, 0.5) is 0 Å². The smallest absolute Gasteiger partial charge is 0.254 e. The maximum Gasteiger partial charge on any atom is 0.254 e. The first-order chi connectivity index (χ1) is 12.6. The molecular weight excluding hydrogens is 330 g/mol. The first kappa shape index (κ1) is 16.3. The molecule has 6 heteroatoms. The number of nitrogens with zero attached hydrogens (tertiary/aromatic N) is 2. The van der Waals surface area contributed by atoms with E-state index in [0.29, 0.717) is 17.9 Å². The molecule has 2 aromatic heterocycles. The van der Waals surface area contributed by atoms with Crippen LogP contribution in [0, 0.1) is 13.8 Å². The van der Waals surface area contributed by atoms with Crippen molar-refractivity contribution in [1.82, 2.24) is 15.3 Å². The summed E-state index contributed by atoms with van der Waals surface area (Å²) in [5.41, 5.74) is 4.34. The Morgan fingerprint density at radius 1 is 1.23 bits per heavy atom. The monoisotopic (exact) mass is 349 g/mol. The van der Waals surface area contributed by atoms with E-state index in [9.17, 15) is 4.79 Å². The van der Waals surface area contributed by atoms with Gasteiger partial charge in [-0.2, -0.15) is 0 Å². The highest BCUT2D eigenvalue weighted by Gasteiger charge is 2.27. The Morgan fingerprint density at radius 3 is 2.77 bits per heavy atom. The Labute approximate surface area is 151 Å². The Balaban J connectivity index is 1.51. The van der Waals surface area contributed by atoms with Crippen LogP contribution >= 0.6 is 0 Å². The zero-order valence-electron chi connectivity index (χ0n) is 14.7. The molecule has 0 fully saturated rings. The van der Waals surface area contributed by atoms with Gasteiger partial charge in [-0.05, 0) is 37.6 Å². The minimum absolute atomic E-state index is 0.118. The minimum Gasteiger partial charge on any atom is -0.487 e. The summed E-state index contributed by atoms with van der Waals surface area (Å²) in [6, 6.07) is 9.58. The third kappa shape index (κ3) is 3.18. The van der Waals surface area contributed by atoms with Crippen molar-refractivity contribution in [3.8, 4) is 17.1 Å². The number of aromatic nitrogens is 2. The molecule has 0 bridgehead atoms. The summed E-state index contributed by atoms with van der Waals surface area (Å²) < 4.78 is 11.1. The molecule has 0 aliphatic carbocycles. The van der Waals surface area contributed by atoms with Crippen molar-refractivity contribution in [3.63, 3.8) is 0 Å². The normalized spacial score (nSPS) is 15.4. The molecule has 0 unspecified atom stereocenters. The van der Waals surface area contributed by atoms with E-state index in [1.165, 1.54) is 12.5 Å². The Bertz CT molecular complexity index is 931. The molecule has 3 aromatic rings. The topological polar surface area (TPSA) is 77.2 Å². The lowest BCUT2D eigenvalue weighted by Crippen LogP contribution is -2.34.